The molecule has 27 heavy (non-hydrogen) atoms. The quantitative estimate of drug-likeness (QED) is 0.367. The Morgan fingerprint density at radius 1 is 1.19 bits per heavy atom. The van der Waals surface area contributed by atoms with Gasteiger partial charge in [0.1, 0.15) is 0 Å². The number of hydrogen-bond acceptors (Lipinski definition) is 5. The first kappa shape index (κ1) is 18.1. The number of H-pyrrole nitrogens is 1. The molecule has 3 rings (SSSR count). The summed E-state index contributed by atoms with van der Waals surface area (Å²) in [6.07, 6.45) is 5.08. The number of primary amides is 1. The smallest absolute Gasteiger partial charge is 0.250 e. The molecule has 0 aliphatic rings. The fourth-order valence-corrected chi connectivity index (χ4v) is 2.79. The summed E-state index contributed by atoms with van der Waals surface area (Å²) in [6, 6.07) is 7.56. The summed E-state index contributed by atoms with van der Waals surface area (Å²) in [7, 11) is 0. The second kappa shape index (κ2) is 7.25. The Morgan fingerprint density at radius 3 is 2.56 bits per heavy atom. The lowest BCUT2D eigenvalue weighted by Crippen LogP contribution is -2.19. The van der Waals surface area contributed by atoms with Crippen LogP contribution in [0.5, 0.6) is 0 Å². The number of aromatic nitrogens is 3. The van der Waals surface area contributed by atoms with E-state index >= 15 is 0 Å². The fraction of sp³-hybridized carbons (Fsp3) is 0.100. The molecule has 0 bridgehead atoms. The van der Waals surface area contributed by atoms with Crippen molar-refractivity contribution in [3.8, 4) is 0 Å². The van der Waals surface area contributed by atoms with Crippen LogP contribution in [0.2, 0.25) is 0 Å². The van der Waals surface area contributed by atoms with Gasteiger partial charge >= 0.3 is 0 Å². The number of fused-ring (bicyclic) bond motifs is 1. The molecule has 1 amide bonds. The highest BCUT2D eigenvalue weighted by Gasteiger charge is 2.18. The van der Waals surface area contributed by atoms with Crippen LogP contribution in [0.3, 0.4) is 0 Å². The molecule has 0 unspecified atom stereocenters. The molecule has 0 saturated carbocycles. The van der Waals surface area contributed by atoms with Gasteiger partial charge in [0.25, 0.3) is 0 Å². The van der Waals surface area contributed by atoms with E-state index in [1.807, 2.05) is 38.1 Å². The van der Waals surface area contributed by atoms with Crippen LogP contribution in [0.25, 0.3) is 16.6 Å². The molecule has 0 fully saturated rings. The summed E-state index contributed by atoms with van der Waals surface area (Å²) >= 11 is 0. The zero-order valence-corrected chi connectivity index (χ0v) is 15.2. The van der Waals surface area contributed by atoms with Crippen molar-refractivity contribution >= 4 is 28.2 Å². The topological polar surface area (TPSA) is 123 Å². The molecule has 0 saturated heterocycles. The van der Waals surface area contributed by atoms with Crippen molar-refractivity contribution in [1.82, 2.24) is 15.2 Å². The lowest BCUT2D eigenvalue weighted by atomic mass is 9.98. The van der Waals surface area contributed by atoms with Crippen molar-refractivity contribution < 1.29 is 4.79 Å². The van der Waals surface area contributed by atoms with Gasteiger partial charge in [0.15, 0.2) is 0 Å². The first-order valence-electron chi connectivity index (χ1n) is 8.27. The van der Waals surface area contributed by atoms with E-state index in [0.717, 1.165) is 27.6 Å². The van der Waals surface area contributed by atoms with Crippen LogP contribution in [0.1, 0.15) is 23.6 Å². The minimum atomic E-state index is -0.696. The number of benzene rings is 1. The van der Waals surface area contributed by atoms with E-state index in [-0.39, 0.29) is 11.3 Å². The summed E-state index contributed by atoms with van der Waals surface area (Å²) in [5.41, 5.74) is 16.4. The van der Waals surface area contributed by atoms with Gasteiger partial charge in [0.2, 0.25) is 5.91 Å². The number of nitrogens with one attached hydrogen (secondary N) is 1. The number of hydrogen-bond donors (Lipinski definition) is 3. The van der Waals surface area contributed by atoms with E-state index in [0.29, 0.717) is 11.4 Å². The molecule has 2 aromatic heterocycles. The number of aliphatic imine (C=N–C) groups is 1. The average Bonchev–Trinajstić information content (AvgIpc) is 3.14. The Bertz CT molecular complexity index is 1090. The van der Waals surface area contributed by atoms with Crippen molar-refractivity contribution in [3.05, 3.63) is 77.4 Å². The summed E-state index contributed by atoms with van der Waals surface area (Å²) in [5.74, 6) is -0.696. The number of pyridine rings is 1. The van der Waals surface area contributed by atoms with Gasteiger partial charge in [-0.05, 0) is 43.2 Å². The molecule has 7 nitrogen and oxygen atoms in total. The molecular weight excluding hydrogens is 340 g/mol. The number of rotatable bonds is 5. The van der Waals surface area contributed by atoms with Crippen LogP contribution < -0.4 is 11.5 Å². The van der Waals surface area contributed by atoms with Crippen molar-refractivity contribution in [2.75, 3.05) is 0 Å². The first-order valence-corrected chi connectivity index (χ1v) is 8.27. The van der Waals surface area contributed by atoms with E-state index in [1.54, 1.807) is 18.6 Å². The highest BCUT2D eigenvalue weighted by Crippen LogP contribution is 2.31. The van der Waals surface area contributed by atoms with Gasteiger partial charge in [-0.2, -0.15) is 5.10 Å². The third-order valence-corrected chi connectivity index (χ3v) is 4.32. The Balaban J connectivity index is 2.30. The van der Waals surface area contributed by atoms with Crippen molar-refractivity contribution in [3.63, 3.8) is 0 Å². The molecule has 0 radical (unpaired) electrons. The standard InChI is InChI=1S/C20H20N6O/c1-11-4-5-16-15(10-24-26-16)17(11)19(18(21)12(2)20(22)27)25-13(3)14-6-8-23-9-7-14/h4-10H,2,21H2,1,3H3,(H2,22,27)(H,24,26)/b19-18+,25-13?. The summed E-state index contributed by atoms with van der Waals surface area (Å²) in [6.45, 7) is 7.52. The number of aryl methyl sites for hydroxylation is 1. The molecule has 2 heterocycles. The van der Waals surface area contributed by atoms with Crippen LogP contribution in [0.4, 0.5) is 0 Å². The Kier molecular flexibility index (Phi) is 4.85. The molecule has 5 N–H and O–H groups in total. The van der Waals surface area contributed by atoms with Crippen molar-refractivity contribution in [2.45, 2.75) is 13.8 Å². The Hall–Kier alpha value is -3.74. The second-order valence-corrected chi connectivity index (χ2v) is 6.13. The van der Waals surface area contributed by atoms with Gasteiger partial charge in [0, 0.05) is 29.1 Å². The first-order chi connectivity index (χ1) is 12.9. The predicted octanol–water partition coefficient (Wildman–Crippen LogP) is 2.44. The normalized spacial score (nSPS) is 12.7. The molecule has 1 aromatic carbocycles. The van der Waals surface area contributed by atoms with Gasteiger partial charge in [-0.1, -0.05) is 12.6 Å². The van der Waals surface area contributed by atoms with Crippen LogP contribution in [-0.2, 0) is 4.79 Å². The fourth-order valence-electron chi connectivity index (χ4n) is 2.79. The van der Waals surface area contributed by atoms with Gasteiger partial charge < -0.3 is 11.5 Å². The van der Waals surface area contributed by atoms with E-state index < -0.39 is 5.91 Å². The summed E-state index contributed by atoms with van der Waals surface area (Å²) in [5, 5.41) is 7.88. The minimum absolute atomic E-state index is 0.0103. The highest BCUT2D eigenvalue weighted by molar-refractivity contribution is 6.06. The molecule has 3 aromatic rings. The molecule has 0 aliphatic heterocycles. The van der Waals surface area contributed by atoms with E-state index in [1.165, 1.54) is 0 Å². The van der Waals surface area contributed by atoms with E-state index in [9.17, 15) is 4.79 Å². The zero-order chi connectivity index (χ0) is 19.6. The molecule has 0 aliphatic carbocycles. The molecule has 0 spiro atoms. The highest BCUT2D eigenvalue weighted by atomic mass is 16.1. The maximum Gasteiger partial charge on any atom is 0.250 e. The minimum Gasteiger partial charge on any atom is -0.396 e. The number of carbonyl (C=O) groups is 1. The Morgan fingerprint density at radius 2 is 1.89 bits per heavy atom. The number of nitrogens with zero attached hydrogens (tertiary/aromatic N) is 3. The maximum atomic E-state index is 11.7. The van der Waals surface area contributed by atoms with E-state index in [4.69, 9.17) is 16.5 Å². The number of amides is 1. The van der Waals surface area contributed by atoms with Gasteiger partial charge in [-0.25, -0.2) is 0 Å². The number of aromatic amines is 1. The molecule has 7 heteroatoms. The van der Waals surface area contributed by atoms with Gasteiger partial charge in [0.05, 0.1) is 28.7 Å². The molecular formula is C20H20N6O. The van der Waals surface area contributed by atoms with E-state index in [2.05, 4.69) is 21.8 Å². The van der Waals surface area contributed by atoms with Crippen LogP contribution >= 0.6 is 0 Å². The Labute approximate surface area is 156 Å². The van der Waals surface area contributed by atoms with Gasteiger partial charge in [-0.3, -0.25) is 19.9 Å². The van der Waals surface area contributed by atoms with Crippen molar-refractivity contribution in [1.29, 1.82) is 0 Å². The van der Waals surface area contributed by atoms with Crippen LogP contribution in [0.15, 0.2) is 65.7 Å². The summed E-state index contributed by atoms with van der Waals surface area (Å²) < 4.78 is 0. The largest absolute Gasteiger partial charge is 0.396 e. The second-order valence-electron chi connectivity index (χ2n) is 6.13. The van der Waals surface area contributed by atoms with Gasteiger partial charge in [-0.15, -0.1) is 0 Å². The lowest BCUT2D eigenvalue weighted by molar-refractivity contribution is -0.114. The van der Waals surface area contributed by atoms with Crippen LogP contribution in [-0.4, -0.2) is 26.8 Å². The lowest BCUT2D eigenvalue weighted by Gasteiger charge is -2.14. The maximum absolute atomic E-state index is 11.7. The average molecular weight is 360 g/mol. The summed E-state index contributed by atoms with van der Waals surface area (Å²) in [4.78, 5) is 20.4. The monoisotopic (exact) mass is 360 g/mol. The predicted molar refractivity (Wildman–Crippen MR) is 107 cm³/mol. The third kappa shape index (κ3) is 3.48. The van der Waals surface area contributed by atoms with Crippen molar-refractivity contribution in [2.24, 2.45) is 16.5 Å². The molecule has 0 atom stereocenters. The zero-order valence-electron chi connectivity index (χ0n) is 15.2. The molecule has 136 valence electrons. The number of nitrogens with two attached hydrogens (primary N) is 2. The third-order valence-electron chi connectivity index (χ3n) is 4.32. The number of carbonyl (C=O) groups excluding carboxylic acids is 1. The van der Waals surface area contributed by atoms with Crippen LogP contribution in [0, 0.1) is 6.92 Å². The SMILES string of the molecule is C=C(C(N)=O)/C(N)=C(\N=C(C)c1ccncc1)c1c(C)ccc2[nH]ncc12.